The number of rotatable bonds is 1. The Hall–Kier alpha value is 1.70. The molecular formula is C2H6NaS2+. The van der Waals surface area contributed by atoms with Crippen molar-refractivity contribution in [1.29, 1.82) is 0 Å². The van der Waals surface area contributed by atoms with Crippen LogP contribution in [0.4, 0.5) is 0 Å². The van der Waals surface area contributed by atoms with Gasteiger partial charge < -0.3 is 0 Å². The maximum atomic E-state index is 3.84. The summed E-state index contributed by atoms with van der Waals surface area (Å²) >= 11 is 7.69. The molecule has 0 aromatic carbocycles. The Balaban J connectivity index is 0. The standard InChI is InChI=1S/C2H6S2.Na/c3-1-2-4;/h3-4H,1-2H2;/q;+1. The summed E-state index contributed by atoms with van der Waals surface area (Å²) in [5.41, 5.74) is 0. The second kappa shape index (κ2) is 9.20. The van der Waals surface area contributed by atoms with E-state index in [1.54, 1.807) is 0 Å². The largest absolute Gasteiger partial charge is 1.00 e. The third-order valence-electron chi connectivity index (χ3n) is 0.1000. The molecule has 0 fully saturated rings. The van der Waals surface area contributed by atoms with Crippen molar-refractivity contribution in [3.8, 4) is 0 Å². The van der Waals surface area contributed by atoms with E-state index < -0.39 is 0 Å². The van der Waals surface area contributed by atoms with E-state index in [0.717, 1.165) is 11.5 Å². The van der Waals surface area contributed by atoms with Crippen molar-refractivity contribution in [2.45, 2.75) is 0 Å². The fourth-order valence-corrected chi connectivity index (χ4v) is 0. The van der Waals surface area contributed by atoms with Crippen molar-refractivity contribution in [2.24, 2.45) is 0 Å². The van der Waals surface area contributed by atoms with Gasteiger partial charge in [-0.25, -0.2) is 0 Å². The molecule has 0 nitrogen and oxygen atoms in total. The SMILES string of the molecule is SCCS.[Na+]. The molecule has 0 aliphatic heterocycles. The van der Waals surface area contributed by atoms with E-state index in [0.29, 0.717) is 0 Å². The van der Waals surface area contributed by atoms with E-state index in [4.69, 9.17) is 0 Å². The Kier molecular flexibility index (Phi) is 18.1. The summed E-state index contributed by atoms with van der Waals surface area (Å²) < 4.78 is 0. The van der Waals surface area contributed by atoms with Crippen LogP contribution in [0.1, 0.15) is 0 Å². The Labute approximate surface area is 65.8 Å². The molecule has 0 amide bonds. The first-order chi connectivity index (χ1) is 1.91. The van der Waals surface area contributed by atoms with Gasteiger partial charge in [-0.2, -0.15) is 25.3 Å². The normalized spacial score (nSPS) is 6.00. The van der Waals surface area contributed by atoms with Gasteiger partial charge in [0, 0.05) is 0 Å². The average molecular weight is 117 g/mol. The summed E-state index contributed by atoms with van der Waals surface area (Å²) in [5.74, 6) is 1.76. The minimum absolute atomic E-state index is 0. The molecule has 5 heavy (non-hydrogen) atoms. The minimum Gasteiger partial charge on any atom is -0.179 e. The topological polar surface area (TPSA) is 0 Å². The molecule has 0 spiro atoms. The molecule has 0 saturated carbocycles. The molecule has 0 rings (SSSR count). The molecule has 0 radical (unpaired) electrons. The van der Waals surface area contributed by atoms with Crippen LogP contribution >= 0.6 is 25.3 Å². The molecule has 0 aliphatic rings. The molecule has 26 valence electrons. The van der Waals surface area contributed by atoms with Crippen molar-refractivity contribution < 1.29 is 29.6 Å². The third-order valence-corrected chi connectivity index (χ3v) is 0.900. The molecule has 0 bridgehead atoms. The Bertz CT molecular complexity index is 9.61. The maximum absolute atomic E-state index is 3.84. The zero-order valence-corrected chi connectivity index (χ0v) is 7.10. The molecule has 0 aromatic rings. The molecule has 0 unspecified atom stereocenters. The fourth-order valence-electron chi connectivity index (χ4n) is 0. The Morgan fingerprint density at radius 1 is 1.00 bits per heavy atom. The zero-order chi connectivity index (χ0) is 3.41. The van der Waals surface area contributed by atoms with Crippen molar-refractivity contribution in [3.05, 3.63) is 0 Å². The summed E-state index contributed by atoms with van der Waals surface area (Å²) in [6, 6.07) is 0. The van der Waals surface area contributed by atoms with Crippen LogP contribution in [0, 0.1) is 0 Å². The molecule has 0 N–H and O–H groups in total. The van der Waals surface area contributed by atoms with Gasteiger partial charge in [-0.15, -0.1) is 0 Å². The molecule has 0 aromatic heterocycles. The van der Waals surface area contributed by atoms with Gasteiger partial charge in [0.1, 0.15) is 0 Å². The van der Waals surface area contributed by atoms with Gasteiger partial charge in [0.05, 0.1) is 0 Å². The van der Waals surface area contributed by atoms with Crippen molar-refractivity contribution in [2.75, 3.05) is 11.5 Å². The van der Waals surface area contributed by atoms with E-state index in [2.05, 4.69) is 25.3 Å². The van der Waals surface area contributed by atoms with E-state index in [-0.39, 0.29) is 29.6 Å². The summed E-state index contributed by atoms with van der Waals surface area (Å²) in [6.45, 7) is 0. The van der Waals surface area contributed by atoms with Crippen LogP contribution in [0.15, 0.2) is 0 Å². The maximum Gasteiger partial charge on any atom is 1.00 e. The summed E-state index contributed by atoms with van der Waals surface area (Å²) in [4.78, 5) is 0. The van der Waals surface area contributed by atoms with Crippen LogP contribution in [0.25, 0.3) is 0 Å². The number of hydrogen-bond donors (Lipinski definition) is 2. The molecular weight excluding hydrogens is 111 g/mol. The number of thiol groups is 2. The molecule has 3 heteroatoms. The van der Waals surface area contributed by atoms with Gasteiger partial charge in [-0.05, 0) is 11.5 Å². The van der Waals surface area contributed by atoms with Crippen LogP contribution in [0.3, 0.4) is 0 Å². The van der Waals surface area contributed by atoms with Crippen LogP contribution in [-0.2, 0) is 0 Å². The van der Waals surface area contributed by atoms with Crippen molar-refractivity contribution in [1.82, 2.24) is 0 Å². The second-order valence-electron chi connectivity index (χ2n) is 0.447. The summed E-state index contributed by atoms with van der Waals surface area (Å²) in [7, 11) is 0. The Morgan fingerprint density at radius 2 is 1.20 bits per heavy atom. The number of hydrogen-bond acceptors (Lipinski definition) is 2. The first-order valence-corrected chi connectivity index (χ1v) is 2.40. The van der Waals surface area contributed by atoms with Crippen molar-refractivity contribution >= 4 is 25.3 Å². The molecule has 0 atom stereocenters. The van der Waals surface area contributed by atoms with Gasteiger partial charge in [0.2, 0.25) is 0 Å². The smallest absolute Gasteiger partial charge is 0.179 e. The van der Waals surface area contributed by atoms with Crippen LogP contribution in [0.2, 0.25) is 0 Å². The van der Waals surface area contributed by atoms with Crippen molar-refractivity contribution in [3.63, 3.8) is 0 Å². The average Bonchev–Trinajstić information content (AvgIpc) is 1.37. The predicted octanol–water partition coefficient (Wildman–Crippen LogP) is -2.15. The third kappa shape index (κ3) is 10.7. The van der Waals surface area contributed by atoms with Gasteiger partial charge in [0.25, 0.3) is 0 Å². The fraction of sp³-hybridized carbons (Fsp3) is 1.00. The zero-order valence-electron chi connectivity index (χ0n) is 3.31. The predicted molar refractivity (Wildman–Crippen MR) is 27.7 cm³/mol. The van der Waals surface area contributed by atoms with Gasteiger partial charge in [0.15, 0.2) is 0 Å². The molecule has 0 aliphatic carbocycles. The van der Waals surface area contributed by atoms with E-state index >= 15 is 0 Å². The second-order valence-corrected chi connectivity index (χ2v) is 1.34. The molecule has 0 heterocycles. The monoisotopic (exact) mass is 117 g/mol. The van der Waals surface area contributed by atoms with Gasteiger partial charge in [-0.1, -0.05) is 0 Å². The Morgan fingerprint density at radius 3 is 1.20 bits per heavy atom. The summed E-state index contributed by atoms with van der Waals surface area (Å²) in [5, 5.41) is 0. The quantitative estimate of drug-likeness (QED) is 0.284. The van der Waals surface area contributed by atoms with E-state index in [1.165, 1.54) is 0 Å². The first-order valence-electron chi connectivity index (χ1n) is 1.13. The molecule has 0 saturated heterocycles. The van der Waals surface area contributed by atoms with Gasteiger partial charge in [-0.3, -0.25) is 0 Å². The van der Waals surface area contributed by atoms with Crippen LogP contribution in [-0.4, -0.2) is 11.5 Å². The summed E-state index contributed by atoms with van der Waals surface area (Å²) in [6.07, 6.45) is 0. The van der Waals surface area contributed by atoms with Gasteiger partial charge >= 0.3 is 29.6 Å². The minimum atomic E-state index is 0. The van der Waals surface area contributed by atoms with E-state index in [9.17, 15) is 0 Å². The van der Waals surface area contributed by atoms with Crippen LogP contribution < -0.4 is 29.6 Å². The van der Waals surface area contributed by atoms with Crippen LogP contribution in [0.5, 0.6) is 0 Å². The first kappa shape index (κ1) is 9.85. The van der Waals surface area contributed by atoms with E-state index in [1.807, 2.05) is 0 Å².